The Morgan fingerprint density at radius 2 is 1.04 bits per heavy atom. The largest absolute Gasteiger partial charge is 0.308 e. The van der Waals surface area contributed by atoms with Crippen LogP contribution in [0.4, 0.5) is 0 Å². The molecule has 0 aliphatic rings. The van der Waals surface area contributed by atoms with Crippen LogP contribution in [0.15, 0.2) is 91.0 Å². The minimum atomic E-state index is 0.578. The van der Waals surface area contributed by atoms with Gasteiger partial charge in [-0.2, -0.15) is 5.26 Å². The molecule has 0 aliphatic carbocycles. The number of nitrogens with zero attached hydrogens (tertiary/aromatic N) is 5. The molecule has 0 saturated heterocycles. The molecule has 218 valence electrons. The summed E-state index contributed by atoms with van der Waals surface area (Å²) in [5.74, 6) is 1.92. The van der Waals surface area contributed by atoms with E-state index in [-0.39, 0.29) is 0 Å². The van der Waals surface area contributed by atoms with Gasteiger partial charge in [-0.1, -0.05) is 71.8 Å². The molecule has 0 atom stereocenters. The summed E-state index contributed by atoms with van der Waals surface area (Å²) in [5, 5.41) is 12.7. The van der Waals surface area contributed by atoms with E-state index in [0.29, 0.717) is 23.0 Å². The number of fused-ring (bicyclic) bond motifs is 3. The maximum atomic E-state index is 10.4. The van der Waals surface area contributed by atoms with Gasteiger partial charge in [-0.25, -0.2) is 15.0 Å². The highest BCUT2D eigenvalue weighted by atomic mass is 15.0. The number of hydrogen-bond donors (Lipinski definition) is 0. The van der Waals surface area contributed by atoms with Crippen molar-refractivity contribution in [2.24, 2.45) is 0 Å². The highest BCUT2D eigenvalue weighted by Gasteiger charge is 2.19. The average Bonchev–Trinajstić information content (AvgIpc) is 3.33. The van der Waals surface area contributed by atoms with Gasteiger partial charge in [0.2, 0.25) is 0 Å². The van der Waals surface area contributed by atoms with E-state index in [1.54, 1.807) is 0 Å². The molecular formula is C40H33N5. The van der Waals surface area contributed by atoms with E-state index in [4.69, 9.17) is 0 Å². The highest BCUT2D eigenvalue weighted by molar-refractivity contribution is 6.11. The fraction of sp³-hybridized carbons (Fsp3) is 0.150. The lowest BCUT2D eigenvalue weighted by atomic mass is 9.96. The molecule has 2 heterocycles. The fourth-order valence-corrected chi connectivity index (χ4v) is 6.58. The Labute approximate surface area is 263 Å². The van der Waals surface area contributed by atoms with Gasteiger partial charge >= 0.3 is 0 Å². The summed E-state index contributed by atoms with van der Waals surface area (Å²) in [6, 6.07) is 34.8. The van der Waals surface area contributed by atoms with Crippen LogP contribution in [0.5, 0.6) is 0 Å². The first-order valence-corrected chi connectivity index (χ1v) is 15.2. The SMILES string of the molecule is Cc1ccc(-c2ccc3c4ccc(-c5ccc(C)cc5C)cc4n(-c4cc(-c5nc(C)nc(C)n5)ccc4C#N)c3c2)c(C)c1. The van der Waals surface area contributed by atoms with E-state index in [1.165, 1.54) is 33.4 Å². The minimum Gasteiger partial charge on any atom is -0.308 e. The van der Waals surface area contributed by atoms with Crippen LogP contribution < -0.4 is 0 Å². The molecule has 0 unspecified atom stereocenters. The monoisotopic (exact) mass is 583 g/mol. The van der Waals surface area contributed by atoms with Crippen molar-refractivity contribution < 1.29 is 0 Å². The zero-order chi connectivity index (χ0) is 31.4. The van der Waals surface area contributed by atoms with E-state index in [1.807, 2.05) is 32.0 Å². The molecule has 5 aromatic carbocycles. The summed E-state index contributed by atoms with van der Waals surface area (Å²) in [6.45, 7) is 12.3. The third kappa shape index (κ3) is 4.95. The summed E-state index contributed by atoms with van der Waals surface area (Å²) >= 11 is 0. The smallest absolute Gasteiger partial charge is 0.163 e. The molecule has 0 saturated carbocycles. The first kappa shape index (κ1) is 28.2. The molecule has 0 N–H and O–H groups in total. The molecule has 0 aliphatic heterocycles. The molecule has 2 aromatic heterocycles. The Kier molecular flexibility index (Phi) is 6.79. The number of nitriles is 1. The van der Waals surface area contributed by atoms with E-state index in [2.05, 4.69) is 126 Å². The van der Waals surface area contributed by atoms with Gasteiger partial charge in [0.05, 0.1) is 22.3 Å². The predicted molar refractivity (Wildman–Crippen MR) is 184 cm³/mol. The Morgan fingerprint density at radius 1 is 0.533 bits per heavy atom. The minimum absolute atomic E-state index is 0.578. The molecule has 0 radical (unpaired) electrons. The second-order valence-corrected chi connectivity index (χ2v) is 12.0. The average molecular weight is 584 g/mol. The normalized spacial score (nSPS) is 11.3. The van der Waals surface area contributed by atoms with E-state index in [0.717, 1.165) is 44.2 Å². The molecule has 5 heteroatoms. The number of aromatic nitrogens is 4. The van der Waals surface area contributed by atoms with Gasteiger partial charge in [-0.05, 0) is 105 Å². The lowest BCUT2D eigenvalue weighted by molar-refractivity contribution is 0.928. The molecule has 0 bridgehead atoms. The van der Waals surface area contributed by atoms with Gasteiger partial charge in [-0.3, -0.25) is 0 Å². The zero-order valence-corrected chi connectivity index (χ0v) is 26.4. The topological polar surface area (TPSA) is 67.4 Å². The summed E-state index contributed by atoms with van der Waals surface area (Å²) in [6.07, 6.45) is 0. The van der Waals surface area contributed by atoms with Gasteiger partial charge in [0.25, 0.3) is 0 Å². The lowest BCUT2D eigenvalue weighted by Gasteiger charge is -2.14. The number of aryl methyl sites for hydroxylation is 6. The molecule has 7 rings (SSSR count). The van der Waals surface area contributed by atoms with E-state index >= 15 is 0 Å². The van der Waals surface area contributed by atoms with Crippen LogP contribution in [0.3, 0.4) is 0 Å². The van der Waals surface area contributed by atoms with E-state index < -0.39 is 0 Å². The lowest BCUT2D eigenvalue weighted by Crippen LogP contribution is -2.02. The van der Waals surface area contributed by atoms with Crippen LogP contribution in [-0.2, 0) is 0 Å². The molecule has 0 amide bonds. The van der Waals surface area contributed by atoms with Crippen LogP contribution in [0, 0.1) is 52.9 Å². The molecule has 0 spiro atoms. The Hall–Kier alpha value is -5.60. The summed E-state index contributed by atoms with van der Waals surface area (Å²) in [4.78, 5) is 13.6. The van der Waals surface area contributed by atoms with Crippen molar-refractivity contribution >= 4 is 21.8 Å². The van der Waals surface area contributed by atoms with E-state index in [9.17, 15) is 5.26 Å². The van der Waals surface area contributed by atoms with Crippen LogP contribution >= 0.6 is 0 Å². The molecule has 5 nitrogen and oxygen atoms in total. The van der Waals surface area contributed by atoms with Crippen LogP contribution in [0.1, 0.15) is 39.5 Å². The van der Waals surface area contributed by atoms with Crippen molar-refractivity contribution in [2.45, 2.75) is 41.5 Å². The van der Waals surface area contributed by atoms with Gasteiger partial charge in [0.15, 0.2) is 5.82 Å². The van der Waals surface area contributed by atoms with Crippen molar-refractivity contribution in [3.8, 4) is 45.4 Å². The van der Waals surface area contributed by atoms with Crippen LogP contribution in [0.2, 0.25) is 0 Å². The van der Waals surface area contributed by atoms with Crippen LogP contribution in [-0.4, -0.2) is 19.5 Å². The number of hydrogen-bond acceptors (Lipinski definition) is 4. The van der Waals surface area contributed by atoms with Crippen molar-refractivity contribution in [3.63, 3.8) is 0 Å². The summed E-state index contributed by atoms with van der Waals surface area (Å²) < 4.78 is 2.24. The third-order valence-corrected chi connectivity index (χ3v) is 8.63. The Balaban J connectivity index is 1.56. The second kappa shape index (κ2) is 10.8. The molecule has 45 heavy (non-hydrogen) atoms. The summed E-state index contributed by atoms with van der Waals surface area (Å²) in [5.41, 5.74) is 13.9. The molecule has 0 fully saturated rings. The maximum absolute atomic E-state index is 10.4. The molecule has 7 aromatic rings. The third-order valence-electron chi connectivity index (χ3n) is 8.63. The fourth-order valence-electron chi connectivity index (χ4n) is 6.58. The second-order valence-electron chi connectivity index (χ2n) is 12.0. The zero-order valence-electron chi connectivity index (χ0n) is 26.4. The molecular weight excluding hydrogens is 550 g/mol. The number of benzene rings is 5. The Bertz CT molecular complexity index is 2220. The Morgan fingerprint density at radius 3 is 1.53 bits per heavy atom. The van der Waals surface area contributed by atoms with Crippen molar-refractivity contribution in [3.05, 3.63) is 130 Å². The van der Waals surface area contributed by atoms with Gasteiger partial charge in [0, 0.05) is 16.3 Å². The first-order chi connectivity index (χ1) is 21.7. The van der Waals surface area contributed by atoms with Crippen LogP contribution in [0.25, 0.3) is 61.1 Å². The predicted octanol–water partition coefficient (Wildman–Crippen LogP) is 9.69. The standard InChI is InChI=1S/C40H33N5/c1-23-7-13-33(25(3)17-23)29-11-15-35-36-16-12-30(34-14-8-24(2)18-26(34)4)20-39(36)45(38(35)19-29)37-21-31(9-10-32(37)22-41)40-43-27(5)42-28(6)44-40/h7-21H,1-6H3. The quantitative estimate of drug-likeness (QED) is 0.207. The number of rotatable bonds is 4. The van der Waals surface area contributed by atoms with Gasteiger partial charge < -0.3 is 4.57 Å². The summed E-state index contributed by atoms with van der Waals surface area (Å²) in [7, 11) is 0. The first-order valence-electron chi connectivity index (χ1n) is 15.2. The highest BCUT2D eigenvalue weighted by Crippen LogP contribution is 2.39. The van der Waals surface area contributed by atoms with Crippen molar-refractivity contribution in [1.29, 1.82) is 5.26 Å². The van der Waals surface area contributed by atoms with Gasteiger partial charge in [-0.15, -0.1) is 0 Å². The van der Waals surface area contributed by atoms with Gasteiger partial charge in [0.1, 0.15) is 17.7 Å². The van der Waals surface area contributed by atoms with Crippen molar-refractivity contribution in [2.75, 3.05) is 0 Å². The van der Waals surface area contributed by atoms with Crippen molar-refractivity contribution in [1.82, 2.24) is 19.5 Å². The maximum Gasteiger partial charge on any atom is 0.163 e.